The van der Waals surface area contributed by atoms with Crippen LogP contribution < -0.4 is 5.11 Å². The first-order chi connectivity index (χ1) is 9.24. The van der Waals surface area contributed by atoms with Crippen molar-refractivity contribution < 1.29 is 14.6 Å². The average Bonchev–Trinajstić information content (AvgIpc) is 3.26. The van der Waals surface area contributed by atoms with Crippen LogP contribution in [0.2, 0.25) is 0 Å². The Morgan fingerprint density at radius 1 is 1.21 bits per heavy atom. The molecule has 5 atom stereocenters. The third kappa shape index (κ3) is 3.06. The highest BCUT2D eigenvalue weighted by molar-refractivity contribution is 5.49. The molecule has 2 saturated heterocycles. The second-order valence-corrected chi connectivity index (χ2v) is 5.41. The summed E-state index contributed by atoms with van der Waals surface area (Å²) in [7, 11) is 0. The second-order valence-electron chi connectivity index (χ2n) is 5.41. The zero-order valence-corrected chi connectivity index (χ0v) is 11.1. The lowest BCUT2D eigenvalue weighted by Crippen LogP contribution is -2.49. The minimum absolute atomic E-state index is 0.00922. The van der Waals surface area contributed by atoms with Gasteiger partial charge in [0.2, 0.25) is 0 Å². The van der Waals surface area contributed by atoms with Crippen LogP contribution in [0, 0.1) is 5.92 Å². The number of benzene rings is 1. The molecule has 2 heterocycles. The van der Waals surface area contributed by atoms with E-state index in [0.29, 0.717) is 6.42 Å². The van der Waals surface area contributed by atoms with Crippen molar-refractivity contribution >= 4 is 6.08 Å². The standard InChI is InChI=1S/C16H19O3/c1-11-13(17)9-15(16-10-18-16)19-14(11)8-7-12-5-3-2-4-6-12/h2-8,11,13-16H,9-10H2,1H3/q-1/b8-7+/t11-,13?,14+,15-,16+/m1/s1. The molecule has 0 radical (unpaired) electrons. The summed E-state index contributed by atoms with van der Waals surface area (Å²) in [4.78, 5) is 0. The van der Waals surface area contributed by atoms with Crippen molar-refractivity contribution in [1.82, 2.24) is 0 Å². The first kappa shape index (κ1) is 12.9. The number of rotatable bonds is 3. The van der Waals surface area contributed by atoms with Crippen LogP contribution in [0.4, 0.5) is 0 Å². The average molecular weight is 259 g/mol. The van der Waals surface area contributed by atoms with E-state index in [2.05, 4.69) is 0 Å². The van der Waals surface area contributed by atoms with Crippen LogP contribution in [-0.4, -0.2) is 31.0 Å². The molecule has 1 unspecified atom stereocenters. The Bertz CT molecular complexity index is 439. The van der Waals surface area contributed by atoms with Crippen molar-refractivity contribution in [1.29, 1.82) is 0 Å². The molecule has 0 aromatic heterocycles. The van der Waals surface area contributed by atoms with Crippen molar-refractivity contribution in [3.63, 3.8) is 0 Å². The van der Waals surface area contributed by atoms with E-state index in [4.69, 9.17) is 9.47 Å². The summed E-state index contributed by atoms with van der Waals surface area (Å²) < 4.78 is 11.3. The summed E-state index contributed by atoms with van der Waals surface area (Å²) in [6.45, 7) is 2.71. The van der Waals surface area contributed by atoms with Crippen LogP contribution in [0.3, 0.4) is 0 Å². The van der Waals surface area contributed by atoms with Gasteiger partial charge in [-0.05, 0) is 17.9 Å². The Kier molecular flexibility index (Phi) is 3.69. The fourth-order valence-corrected chi connectivity index (χ4v) is 2.54. The monoisotopic (exact) mass is 259 g/mol. The Morgan fingerprint density at radius 3 is 2.63 bits per heavy atom. The van der Waals surface area contributed by atoms with Gasteiger partial charge in [-0.2, -0.15) is 0 Å². The van der Waals surface area contributed by atoms with Gasteiger partial charge in [0.1, 0.15) is 6.10 Å². The maximum Gasteiger partial charge on any atom is 0.107 e. The molecule has 0 aliphatic carbocycles. The molecule has 0 amide bonds. The third-order valence-corrected chi connectivity index (χ3v) is 3.95. The number of hydrogen-bond donors (Lipinski definition) is 0. The van der Waals surface area contributed by atoms with E-state index in [9.17, 15) is 5.11 Å². The van der Waals surface area contributed by atoms with Crippen molar-refractivity contribution in [2.75, 3.05) is 6.61 Å². The lowest BCUT2D eigenvalue weighted by atomic mass is 9.89. The SMILES string of the molecule is C[C@@H]1C([O-])C[C@H]([C@@H]2CO2)O[C@H]1/C=C/c1ccccc1. The molecule has 2 aliphatic heterocycles. The van der Waals surface area contributed by atoms with Crippen molar-refractivity contribution in [3.8, 4) is 0 Å². The predicted molar refractivity (Wildman–Crippen MR) is 71.4 cm³/mol. The van der Waals surface area contributed by atoms with E-state index in [1.54, 1.807) is 0 Å². The van der Waals surface area contributed by atoms with Gasteiger partial charge in [0, 0.05) is 0 Å². The molecule has 0 saturated carbocycles. The molecule has 2 fully saturated rings. The molecule has 2 aliphatic rings. The molecule has 0 N–H and O–H groups in total. The van der Waals surface area contributed by atoms with Crippen LogP contribution in [-0.2, 0) is 9.47 Å². The van der Waals surface area contributed by atoms with Gasteiger partial charge in [-0.25, -0.2) is 0 Å². The molecule has 1 aromatic carbocycles. The lowest BCUT2D eigenvalue weighted by molar-refractivity contribution is -0.449. The molecule has 1 aromatic rings. The summed E-state index contributed by atoms with van der Waals surface area (Å²) >= 11 is 0. The van der Waals surface area contributed by atoms with Crippen LogP contribution in [0.5, 0.6) is 0 Å². The summed E-state index contributed by atoms with van der Waals surface area (Å²) in [6.07, 6.45) is 4.07. The molecular weight excluding hydrogens is 240 g/mol. The van der Waals surface area contributed by atoms with Crippen molar-refractivity contribution in [3.05, 3.63) is 42.0 Å². The lowest BCUT2D eigenvalue weighted by Gasteiger charge is -2.43. The number of ether oxygens (including phenoxy) is 2. The molecule has 19 heavy (non-hydrogen) atoms. The topological polar surface area (TPSA) is 44.8 Å². The highest BCUT2D eigenvalue weighted by Gasteiger charge is 2.39. The fourth-order valence-electron chi connectivity index (χ4n) is 2.54. The summed E-state index contributed by atoms with van der Waals surface area (Å²) in [6, 6.07) is 10.1. The number of epoxide rings is 1. The first-order valence-electron chi connectivity index (χ1n) is 6.90. The van der Waals surface area contributed by atoms with Crippen LogP contribution in [0.25, 0.3) is 6.08 Å². The van der Waals surface area contributed by atoms with Crippen LogP contribution >= 0.6 is 0 Å². The van der Waals surface area contributed by atoms with Gasteiger partial charge in [0.05, 0.1) is 18.8 Å². The summed E-state index contributed by atoms with van der Waals surface area (Å²) in [5.41, 5.74) is 1.13. The van der Waals surface area contributed by atoms with Crippen molar-refractivity contribution in [2.45, 2.75) is 37.8 Å². The van der Waals surface area contributed by atoms with Crippen molar-refractivity contribution in [2.24, 2.45) is 5.92 Å². The second kappa shape index (κ2) is 5.45. The Morgan fingerprint density at radius 2 is 1.95 bits per heavy atom. The van der Waals surface area contributed by atoms with Gasteiger partial charge in [-0.15, -0.1) is 6.10 Å². The van der Waals surface area contributed by atoms with Gasteiger partial charge in [-0.3, -0.25) is 0 Å². The Labute approximate surface area is 113 Å². The van der Waals surface area contributed by atoms with E-state index in [1.807, 2.05) is 49.4 Å². The quantitative estimate of drug-likeness (QED) is 0.775. The predicted octanol–water partition coefficient (Wildman–Crippen LogP) is 1.62. The van der Waals surface area contributed by atoms with Gasteiger partial charge in [-0.1, -0.05) is 49.4 Å². The molecule has 3 rings (SSSR count). The van der Waals surface area contributed by atoms with Gasteiger partial charge in [0.15, 0.2) is 0 Å². The zero-order chi connectivity index (χ0) is 13.2. The fraction of sp³-hybridized carbons (Fsp3) is 0.500. The van der Waals surface area contributed by atoms with Gasteiger partial charge in [0.25, 0.3) is 0 Å². The molecule has 0 spiro atoms. The van der Waals surface area contributed by atoms with E-state index in [1.165, 1.54) is 0 Å². The summed E-state index contributed by atoms with van der Waals surface area (Å²) in [5, 5.41) is 12.1. The third-order valence-electron chi connectivity index (χ3n) is 3.95. The molecule has 3 heteroatoms. The Balaban J connectivity index is 1.69. The van der Waals surface area contributed by atoms with Gasteiger partial charge < -0.3 is 14.6 Å². The largest absolute Gasteiger partial charge is 0.852 e. The minimum Gasteiger partial charge on any atom is -0.852 e. The maximum atomic E-state index is 12.1. The van der Waals surface area contributed by atoms with E-state index in [0.717, 1.165) is 12.2 Å². The molecule has 3 nitrogen and oxygen atoms in total. The highest BCUT2D eigenvalue weighted by atomic mass is 16.6. The smallest absolute Gasteiger partial charge is 0.107 e. The normalized spacial score (nSPS) is 38.5. The van der Waals surface area contributed by atoms with E-state index >= 15 is 0 Å². The molecule has 0 bridgehead atoms. The van der Waals surface area contributed by atoms with E-state index < -0.39 is 6.10 Å². The van der Waals surface area contributed by atoms with Gasteiger partial charge >= 0.3 is 0 Å². The Hall–Kier alpha value is -1.16. The van der Waals surface area contributed by atoms with Crippen LogP contribution in [0.15, 0.2) is 36.4 Å². The zero-order valence-electron chi connectivity index (χ0n) is 11.1. The summed E-state index contributed by atoms with van der Waals surface area (Å²) in [5.74, 6) is 0.00922. The minimum atomic E-state index is -0.562. The highest BCUT2D eigenvalue weighted by Crippen LogP contribution is 2.31. The first-order valence-corrected chi connectivity index (χ1v) is 6.90. The molecular formula is C16H19O3-. The maximum absolute atomic E-state index is 12.1. The van der Waals surface area contributed by atoms with Crippen LogP contribution in [0.1, 0.15) is 18.9 Å². The number of hydrogen-bond acceptors (Lipinski definition) is 3. The molecule has 102 valence electrons. The van der Waals surface area contributed by atoms with E-state index in [-0.39, 0.29) is 24.2 Å².